The predicted molar refractivity (Wildman–Crippen MR) is 102 cm³/mol. The molecule has 140 valence electrons. The number of anilines is 1. The minimum atomic E-state index is -0.719. The largest absolute Gasteiger partial charge is 0.319 e. The predicted octanol–water partition coefficient (Wildman–Crippen LogP) is 4.50. The van der Waals surface area contributed by atoms with Gasteiger partial charge in [0.15, 0.2) is 5.82 Å². The van der Waals surface area contributed by atoms with E-state index in [0.717, 1.165) is 29.4 Å². The average Bonchev–Trinajstić information content (AvgIpc) is 3.34. The number of aryl methyl sites for hydroxylation is 1. The second-order valence-electron chi connectivity index (χ2n) is 6.30. The molecular weight excluding hydrogens is 362 g/mol. The molecule has 0 atom stereocenters. The van der Waals surface area contributed by atoms with Gasteiger partial charge in [-0.2, -0.15) is 5.10 Å². The van der Waals surface area contributed by atoms with Crippen LogP contribution in [0.25, 0.3) is 11.5 Å². The molecule has 2 aromatic carbocycles. The number of benzene rings is 2. The molecule has 0 aliphatic heterocycles. The van der Waals surface area contributed by atoms with Gasteiger partial charge in [-0.05, 0) is 43.3 Å². The Labute approximate surface area is 159 Å². The van der Waals surface area contributed by atoms with Crippen LogP contribution in [0, 0.1) is 18.6 Å². The lowest BCUT2D eigenvalue weighted by molar-refractivity contribution is 0.102. The van der Waals surface area contributed by atoms with Crippen LogP contribution in [0.5, 0.6) is 0 Å². The maximum atomic E-state index is 13.9. The maximum Gasteiger partial charge on any atom is 0.261 e. The molecule has 0 aliphatic carbocycles. The number of aromatic nitrogens is 3. The summed E-state index contributed by atoms with van der Waals surface area (Å²) in [5.74, 6) is -1.46. The van der Waals surface area contributed by atoms with Crippen LogP contribution in [0.4, 0.5) is 14.5 Å². The summed E-state index contributed by atoms with van der Waals surface area (Å²) in [6, 6.07) is 14.2. The van der Waals surface area contributed by atoms with Gasteiger partial charge in [-0.25, -0.2) is 13.5 Å². The number of halogens is 2. The first-order valence-electron chi connectivity index (χ1n) is 8.58. The van der Waals surface area contributed by atoms with Crippen LogP contribution >= 0.6 is 0 Å². The van der Waals surface area contributed by atoms with Crippen molar-refractivity contribution in [3.8, 4) is 11.5 Å². The number of hydrogen-bond donors (Lipinski definition) is 1. The number of rotatable bonds is 4. The Morgan fingerprint density at radius 1 is 1.04 bits per heavy atom. The Balaban J connectivity index is 1.78. The van der Waals surface area contributed by atoms with E-state index < -0.39 is 17.5 Å². The van der Waals surface area contributed by atoms with E-state index in [1.165, 1.54) is 6.20 Å². The highest BCUT2D eigenvalue weighted by Crippen LogP contribution is 2.22. The van der Waals surface area contributed by atoms with Crippen molar-refractivity contribution in [1.29, 1.82) is 0 Å². The van der Waals surface area contributed by atoms with E-state index in [1.54, 1.807) is 21.6 Å². The summed E-state index contributed by atoms with van der Waals surface area (Å²) in [5.41, 5.74) is 1.86. The van der Waals surface area contributed by atoms with Crippen molar-refractivity contribution in [2.75, 3.05) is 5.32 Å². The number of amides is 1. The van der Waals surface area contributed by atoms with E-state index in [2.05, 4.69) is 10.4 Å². The Hall–Kier alpha value is -3.74. The fraction of sp³-hybridized carbons (Fsp3) is 0.0476. The standard InChI is InChI=1S/C21H16F2N4O/c1-14-4-7-16(8-5-14)27-21(26-10-2-3-11-26)17(13-24-27)20(28)25-19-12-15(22)6-9-18(19)23/h2-13H,1H3,(H,25,28). The number of carbonyl (C=O) groups is 1. The van der Waals surface area contributed by atoms with Gasteiger partial charge in [-0.1, -0.05) is 17.7 Å². The van der Waals surface area contributed by atoms with Gasteiger partial charge in [0.05, 0.1) is 17.6 Å². The molecule has 5 nitrogen and oxygen atoms in total. The van der Waals surface area contributed by atoms with Gasteiger partial charge in [0.2, 0.25) is 0 Å². The third-order valence-corrected chi connectivity index (χ3v) is 4.29. The van der Waals surface area contributed by atoms with E-state index in [9.17, 15) is 13.6 Å². The zero-order valence-corrected chi connectivity index (χ0v) is 14.9. The molecule has 1 N–H and O–H groups in total. The summed E-state index contributed by atoms with van der Waals surface area (Å²) in [5, 5.41) is 6.76. The molecule has 0 radical (unpaired) electrons. The molecule has 0 bridgehead atoms. The summed E-state index contributed by atoms with van der Waals surface area (Å²) in [6.45, 7) is 1.98. The number of nitrogens with one attached hydrogen (secondary N) is 1. The monoisotopic (exact) mass is 378 g/mol. The summed E-state index contributed by atoms with van der Waals surface area (Å²) >= 11 is 0. The van der Waals surface area contributed by atoms with E-state index in [0.29, 0.717) is 5.82 Å². The number of nitrogens with zero attached hydrogens (tertiary/aromatic N) is 3. The highest BCUT2D eigenvalue weighted by molar-refractivity contribution is 6.06. The Morgan fingerprint density at radius 3 is 2.46 bits per heavy atom. The van der Waals surface area contributed by atoms with E-state index in [1.807, 2.05) is 43.3 Å². The molecule has 0 saturated heterocycles. The molecule has 2 heterocycles. The molecule has 2 aromatic heterocycles. The fourth-order valence-corrected chi connectivity index (χ4v) is 2.88. The minimum absolute atomic E-state index is 0.223. The Kier molecular flexibility index (Phi) is 4.49. The molecule has 0 unspecified atom stereocenters. The van der Waals surface area contributed by atoms with Gasteiger partial charge in [-0.3, -0.25) is 4.79 Å². The first kappa shape index (κ1) is 17.7. The zero-order valence-electron chi connectivity index (χ0n) is 14.9. The first-order valence-corrected chi connectivity index (χ1v) is 8.58. The van der Waals surface area contributed by atoms with Crippen LogP contribution in [0.1, 0.15) is 15.9 Å². The summed E-state index contributed by atoms with van der Waals surface area (Å²) in [7, 11) is 0. The first-order chi connectivity index (χ1) is 13.5. The fourth-order valence-electron chi connectivity index (χ4n) is 2.88. The summed E-state index contributed by atoms with van der Waals surface area (Å²) in [6.07, 6.45) is 4.96. The van der Waals surface area contributed by atoms with Gasteiger partial charge in [-0.15, -0.1) is 0 Å². The van der Waals surface area contributed by atoms with Gasteiger partial charge in [0.1, 0.15) is 17.2 Å². The molecule has 4 aromatic rings. The van der Waals surface area contributed by atoms with Crippen molar-refractivity contribution in [3.63, 3.8) is 0 Å². The molecule has 0 saturated carbocycles. The third kappa shape index (κ3) is 3.29. The van der Waals surface area contributed by atoms with Crippen molar-refractivity contribution in [2.45, 2.75) is 6.92 Å². The molecule has 0 spiro atoms. The zero-order chi connectivity index (χ0) is 19.7. The van der Waals surface area contributed by atoms with Crippen LogP contribution in [0.2, 0.25) is 0 Å². The van der Waals surface area contributed by atoms with E-state index in [-0.39, 0.29) is 11.3 Å². The minimum Gasteiger partial charge on any atom is -0.319 e. The highest BCUT2D eigenvalue weighted by Gasteiger charge is 2.21. The van der Waals surface area contributed by atoms with E-state index in [4.69, 9.17) is 0 Å². The molecular formula is C21H16F2N4O. The van der Waals surface area contributed by atoms with Crippen LogP contribution in [-0.4, -0.2) is 20.3 Å². The lowest BCUT2D eigenvalue weighted by atomic mass is 10.2. The van der Waals surface area contributed by atoms with Crippen molar-refractivity contribution in [2.24, 2.45) is 0 Å². The summed E-state index contributed by atoms with van der Waals surface area (Å²) < 4.78 is 30.7. The molecule has 7 heteroatoms. The molecule has 0 fully saturated rings. The molecule has 1 amide bonds. The van der Waals surface area contributed by atoms with Crippen molar-refractivity contribution < 1.29 is 13.6 Å². The van der Waals surface area contributed by atoms with Crippen LogP contribution in [0.15, 0.2) is 73.2 Å². The Bertz CT molecular complexity index is 1130. The van der Waals surface area contributed by atoms with Crippen molar-refractivity contribution in [1.82, 2.24) is 14.3 Å². The SMILES string of the molecule is Cc1ccc(-n2ncc(C(=O)Nc3cc(F)ccc3F)c2-n2cccc2)cc1. The van der Waals surface area contributed by atoms with Crippen LogP contribution in [0.3, 0.4) is 0 Å². The van der Waals surface area contributed by atoms with Gasteiger partial charge in [0, 0.05) is 18.5 Å². The third-order valence-electron chi connectivity index (χ3n) is 4.29. The second kappa shape index (κ2) is 7.11. The quantitative estimate of drug-likeness (QED) is 0.568. The topological polar surface area (TPSA) is 51.9 Å². The average molecular weight is 378 g/mol. The van der Waals surface area contributed by atoms with Gasteiger partial charge >= 0.3 is 0 Å². The van der Waals surface area contributed by atoms with Gasteiger partial charge in [0.25, 0.3) is 5.91 Å². The summed E-state index contributed by atoms with van der Waals surface area (Å²) in [4.78, 5) is 12.8. The van der Waals surface area contributed by atoms with Crippen LogP contribution in [-0.2, 0) is 0 Å². The lowest BCUT2D eigenvalue weighted by Crippen LogP contribution is -2.16. The highest BCUT2D eigenvalue weighted by atomic mass is 19.1. The molecule has 0 aliphatic rings. The molecule has 4 rings (SSSR count). The number of hydrogen-bond acceptors (Lipinski definition) is 2. The van der Waals surface area contributed by atoms with Crippen molar-refractivity contribution >= 4 is 11.6 Å². The van der Waals surface area contributed by atoms with E-state index >= 15 is 0 Å². The lowest BCUT2D eigenvalue weighted by Gasteiger charge is -2.12. The smallest absolute Gasteiger partial charge is 0.261 e. The van der Waals surface area contributed by atoms with Crippen molar-refractivity contribution in [3.05, 3.63) is 95.9 Å². The van der Waals surface area contributed by atoms with Gasteiger partial charge < -0.3 is 9.88 Å². The van der Waals surface area contributed by atoms with Crippen LogP contribution < -0.4 is 5.32 Å². The normalized spacial score (nSPS) is 10.8. The number of carbonyl (C=O) groups excluding carboxylic acids is 1. The second-order valence-corrected chi connectivity index (χ2v) is 6.30. The Morgan fingerprint density at radius 2 is 1.75 bits per heavy atom. The molecule has 28 heavy (non-hydrogen) atoms. The maximum absolute atomic E-state index is 13.9.